The maximum absolute atomic E-state index is 11.7. The van der Waals surface area contributed by atoms with E-state index < -0.39 is 5.54 Å². The van der Waals surface area contributed by atoms with Gasteiger partial charge in [0, 0.05) is 6.42 Å². The number of carbonyl (C=O) groups excluding carboxylic acids is 1. The molecule has 0 amide bonds. The summed E-state index contributed by atoms with van der Waals surface area (Å²) < 4.78 is 10.7. The molecule has 0 saturated carbocycles. The molecule has 1 N–H and O–H groups in total. The van der Waals surface area contributed by atoms with Crippen molar-refractivity contribution in [2.75, 3.05) is 14.2 Å². The standard InChI is InChI=1S/C13H27NO3/c1-8-12(3,4)17-10(2)9-13(5,14-6)11(15)16-7/h10,14H,8-9H2,1-7H3. The Bertz CT molecular complexity index is 253. The first kappa shape index (κ1) is 16.4. The van der Waals surface area contributed by atoms with Crippen molar-refractivity contribution >= 4 is 5.97 Å². The molecule has 0 heterocycles. The van der Waals surface area contributed by atoms with Crippen molar-refractivity contribution in [3.8, 4) is 0 Å². The molecule has 0 aromatic rings. The van der Waals surface area contributed by atoms with Crippen LogP contribution in [0.15, 0.2) is 0 Å². The van der Waals surface area contributed by atoms with Crippen molar-refractivity contribution < 1.29 is 14.3 Å². The van der Waals surface area contributed by atoms with Crippen LogP contribution >= 0.6 is 0 Å². The second-order valence-electron chi connectivity index (χ2n) is 5.32. The normalized spacial score (nSPS) is 17.4. The first-order valence-corrected chi connectivity index (χ1v) is 6.16. The van der Waals surface area contributed by atoms with E-state index in [2.05, 4.69) is 26.1 Å². The highest BCUT2D eigenvalue weighted by Crippen LogP contribution is 2.22. The number of ether oxygens (including phenoxy) is 2. The van der Waals surface area contributed by atoms with Gasteiger partial charge < -0.3 is 14.8 Å². The Hall–Kier alpha value is -0.610. The zero-order valence-corrected chi connectivity index (χ0v) is 12.2. The minimum atomic E-state index is -0.696. The van der Waals surface area contributed by atoms with E-state index >= 15 is 0 Å². The number of nitrogens with one attached hydrogen (secondary N) is 1. The lowest BCUT2D eigenvalue weighted by atomic mass is 9.94. The van der Waals surface area contributed by atoms with E-state index in [0.29, 0.717) is 6.42 Å². The molecule has 2 atom stereocenters. The van der Waals surface area contributed by atoms with Gasteiger partial charge in [-0.25, -0.2) is 0 Å². The molecule has 0 rings (SSSR count). The van der Waals surface area contributed by atoms with E-state index in [1.165, 1.54) is 7.11 Å². The Kier molecular flexibility index (Phi) is 6.13. The molecule has 0 spiro atoms. The highest BCUT2D eigenvalue weighted by atomic mass is 16.5. The van der Waals surface area contributed by atoms with Crippen molar-refractivity contribution in [1.82, 2.24) is 5.32 Å². The third kappa shape index (κ3) is 5.04. The summed E-state index contributed by atoms with van der Waals surface area (Å²) in [5.74, 6) is -0.259. The zero-order chi connectivity index (χ0) is 13.7. The molecule has 0 bridgehead atoms. The predicted octanol–water partition coefficient (Wildman–Crippen LogP) is 2.12. The van der Waals surface area contributed by atoms with Gasteiger partial charge in [0.25, 0.3) is 0 Å². The van der Waals surface area contributed by atoms with Crippen LogP contribution in [-0.2, 0) is 14.3 Å². The highest BCUT2D eigenvalue weighted by Gasteiger charge is 2.35. The summed E-state index contributed by atoms with van der Waals surface area (Å²) in [6, 6.07) is 0. The van der Waals surface area contributed by atoms with Crippen molar-refractivity contribution in [3.63, 3.8) is 0 Å². The topological polar surface area (TPSA) is 47.6 Å². The number of rotatable bonds is 7. The van der Waals surface area contributed by atoms with Gasteiger partial charge in [-0.2, -0.15) is 0 Å². The van der Waals surface area contributed by atoms with E-state index in [1.54, 1.807) is 7.05 Å². The van der Waals surface area contributed by atoms with Gasteiger partial charge in [0.15, 0.2) is 0 Å². The average Bonchev–Trinajstić information content (AvgIpc) is 2.26. The highest BCUT2D eigenvalue weighted by molar-refractivity contribution is 5.80. The summed E-state index contributed by atoms with van der Waals surface area (Å²) in [6.07, 6.45) is 1.51. The quantitative estimate of drug-likeness (QED) is 0.698. The fourth-order valence-electron chi connectivity index (χ4n) is 1.76. The fourth-order valence-corrected chi connectivity index (χ4v) is 1.76. The molecule has 102 valence electrons. The van der Waals surface area contributed by atoms with Gasteiger partial charge >= 0.3 is 5.97 Å². The molecule has 0 aromatic carbocycles. The molecule has 0 aliphatic carbocycles. The van der Waals surface area contributed by atoms with Crippen LogP contribution in [0.2, 0.25) is 0 Å². The molecular weight excluding hydrogens is 218 g/mol. The number of methoxy groups -OCH3 is 1. The second kappa shape index (κ2) is 6.36. The minimum Gasteiger partial charge on any atom is -0.468 e. The fraction of sp³-hybridized carbons (Fsp3) is 0.923. The third-order valence-electron chi connectivity index (χ3n) is 3.26. The molecule has 0 aliphatic heterocycles. The van der Waals surface area contributed by atoms with E-state index in [-0.39, 0.29) is 17.7 Å². The molecular formula is C13H27NO3. The molecule has 17 heavy (non-hydrogen) atoms. The molecule has 0 saturated heterocycles. The van der Waals surface area contributed by atoms with Crippen molar-refractivity contribution in [2.45, 2.75) is 64.7 Å². The van der Waals surface area contributed by atoms with Gasteiger partial charge in [-0.05, 0) is 41.2 Å². The maximum Gasteiger partial charge on any atom is 0.325 e. The maximum atomic E-state index is 11.7. The molecule has 0 fully saturated rings. The molecule has 0 aromatic heterocycles. The summed E-state index contributed by atoms with van der Waals surface area (Å²) in [5.41, 5.74) is -0.859. The summed E-state index contributed by atoms with van der Waals surface area (Å²) in [5, 5.41) is 3.01. The van der Waals surface area contributed by atoms with Crippen LogP contribution in [-0.4, -0.2) is 37.4 Å². The third-order valence-corrected chi connectivity index (χ3v) is 3.26. The van der Waals surface area contributed by atoms with Crippen LogP contribution in [0.1, 0.15) is 47.5 Å². The molecule has 0 aliphatic rings. The average molecular weight is 245 g/mol. The number of hydrogen-bond donors (Lipinski definition) is 1. The van der Waals surface area contributed by atoms with Crippen LogP contribution in [0.3, 0.4) is 0 Å². The molecule has 0 radical (unpaired) electrons. The Labute approximate surface area is 105 Å². The van der Waals surface area contributed by atoms with E-state index in [1.807, 2.05) is 13.8 Å². The van der Waals surface area contributed by atoms with Crippen LogP contribution in [0, 0.1) is 0 Å². The van der Waals surface area contributed by atoms with E-state index in [4.69, 9.17) is 9.47 Å². The Balaban J connectivity index is 4.53. The lowest BCUT2D eigenvalue weighted by molar-refractivity contribution is -0.151. The monoisotopic (exact) mass is 245 g/mol. The number of hydrogen-bond acceptors (Lipinski definition) is 4. The van der Waals surface area contributed by atoms with Crippen LogP contribution in [0.5, 0.6) is 0 Å². The Morgan fingerprint density at radius 3 is 2.24 bits per heavy atom. The van der Waals surface area contributed by atoms with Crippen LogP contribution in [0.25, 0.3) is 0 Å². The molecule has 2 unspecified atom stereocenters. The summed E-state index contributed by atoms with van der Waals surface area (Å²) in [7, 11) is 3.16. The zero-order valence-electron chi connectivity index (χ0n) is 12.2. The van der Waals surface area contributed by atoms with Gasteiger partial charge in [-0.1, -0.05) is 6.92 Å². The van der Waals surface area contributed by atoms with E-state index in [9.17, 15) is 4.79 Å². The Morgan fingerprint density at radius 2 is 1.88 bits per heavy atom. The van der Waals surface area contributed by atoms with Crippen molar-refractivity contribution in [2.24, 2.45) is 0 Å². The van der Waals surface area contributed by atoms with Gasteiger partial charge in [0.2, 0.25) is 0 Å². The SMILES string of the molecule is CCC(C)(C)OC(C)CC(C)(NC)C(=O)OC. The second-order valence-corrected chi connectivity index (χ2v) is 5.32. The van der Waals surface area contributed by atoms with Gasteiger partial charge in [0.05, 0.1) is 18.8 Å². The minimum absolute atomic E-state index is 0.0125. The van der Waals surface area contributed by atoms with Gasteiger partial charge in [0.1, 0.15) is 5.54 Å². The Morgan fingerprint density at radius 1 is 1.35 bits per heavy atom. The predicted molar refractivity (Wildman–Crippen MR) is 69.0 cm³/mol. The van der Waals surface area contributed by atoms with Crippen molar-refractivity contribution in [3.05, 3.63) is 0 Å². The van der Waals surface area contributed by atoms with Gasteiger partial charge in [-0.15, -0.1) is 0 Å². The summed E-state index contributed by atoms with van der Waals surface area (Å²) >= 11 is 0. The van der Waals surface area contributed by atoms with Crippen LogP contribution in [0.4, 0.5) is 0 Å². The lowest BCUT2D eigenvalue weighted by Gasteiger charge is -2.33. The van der Waals surface area contributed by atoms with Crippen LogP contribution < -0.4 is 5.32 Å². The number of carbonyl (C=O) groups is 1. The molecule has 4 heteroatoms. The van der Waals surface area contributed by atoms with Gasteiger partial charge in [-0.3, -0.25) is 4.79 Å². The number of esters is 1. The molecule has 4 nitrogen and oxygen atoms in total. The lowest BCUT2D eigenvalue weighted by Crippen LogP contribution is -2.51. The largest absolute Gasteiger partial charge is 0.468 e. The first-order chi connectivity index (χ1) is 7.70. The first-order valence-electron chi connectivity index (χ1n) is 6.16. The number of likely N-dealkylation sites (N-methyl/N-ethyl adjacent to an activating group) is 1. The van der Waals surface area contributed by atoms with Crippen molar-refractivity contribution in [1.29, 1.82) is 0 Å². The smallest absolute Gasteiger partial charge is 0.325 e. The summed E-state index contributed by atoms with van der Waals surface area (Å²) in [6.45, 7) is 10.0. The summed E-state index contributed by atoms with van der Waals surface area (Å²) in [4.78, 5) is 11.7. The van der Waals surface area contributed by atoms with E-state index in [0.717, 1.165) is 6.42 Å².